The van der Waals surface area contributed by atoms with Gasteiger partial charge in [0, 0.05) is 20.6 Å². The molecule has 0 aliphatic carbocycles. The lowest BCUT2D eigenvalue weighted by atomic mass is 10.4. The third-order valence-electron chi connectivity index (χ3n) is 2.40. The van der Waals surface area contributed by atoms with Crippen LogP contribution < -0.4 is 20.3 Å². The van der Waals surface area contributed by atoms with E-state index in [1.54, 1.807) is 19.0 Å². The molecule has 0 unspecified atom stereocenters. The predicted molar refractivity (Wildman–Crippen MR) is 72.5 cm³/mol. The Kier molecular flexibility index (Phi) is 5.77. The van der Waals surface area contributed by atoms with Gasteiger partial charge in [0.2, 0.25) is 17.8 Å². The van der Waals surface area contributed by atoms with Gasteiger partial charge >= 0.3 is 6.01 Å². The lowest BCUT2D eigenvalue weighted by molar-refractivity contribution is -0.119. The van der Waals surface area contributed by atoms with Gasteiger partial charge in [-0.05, 0) is 6.42 Å². The number of nitrogens with one attached hydrogen (secondary N) is 2. The smallest absolute Gasteiger partial charge is 0.322 e. The van der Waals surface area contributed by atoms with E-state index in [1.165, 1.54) is 7.11 Å². The highest BCUT2D eigenvalue weighted by atomic mass is 16.5. The molecular formula is C11H20N6O2. The van der Waals surface area contributed by atoms with Crippen molar-refractivity contribution in [3.05, 3.63) is 0 Å². The average Bonchev–Trinajstić information content (AvgIpc) is 2.45. The molecule has 1 heterocycles. The van der Waals surface area contributed by atoms with Crippen LogP contribution in [0, 0.1) is 0 Å². The van der Waals surface area contributed by atoms with E-state index in [4.69, 9.17) is 4.74 Å². The predicted octanol–water partition coefficient (Wildman–Crippen LogP) is -0.116. The van der Waals surface area contributed by atoms with Crippen LogP contribution in [0.4, 0.5) is 11.9 Å². The molecule has 0 fully saturated rings. The second-order valence-electron chi connectivity index (χ2n) is 3.79. The largest absolute Gasteiger partial charge is 0.467 e. The summed E-state index contributed by atoms with van der Waals surface area (Å²) in [7, 11) is 4.79. The number of methoxy groups -OCH3 is 1. The first-order chi connectivity index (χ1) is 9.14. The summed E-state index contributed by atoms with van der Waals surface area (Å²) in [6.07, 6.45) is 0.875. The fraction of sp³-hybridized carbons (Fsp3) is 0.636. The topological polar surface area (TPSA) is 92.3 Å². The molecule has 0 aliphatic rings. The highest BCUT2D eigenvalue weighted by molar-refractivity contribution is 5.80. The van der Waals surface area contributed by atoms with E-state index in [0.29, 0.717) is 18.4 Å². The van der Waals surface area contributed by atoms with Crippen LogP contribution in [0.1, 0.15) is 13.3 Å². The van der Waals surface area contributed by atoms with Crippen LogP contribution in [0.5, 0.6) is 6.01 Å². The van der Waals surface area contributed by atoms with Crippen LogP contribution in [0.25, 0.3) is 0 Å². The molecule has 0 saturated carbocycles. The minimum atomic E-state index is -0.0983. The Labute approximate surface area is 112 Å². The van der Waals surface area contributed by atoms with Gasteiger partial charge in [0.1, 0.15) is 0 Å². The minimum absolute atomic E-state index is 0.0983. The fourth-order valence-electron chi connectivity index (χ4n) is 1.46. The van der Waals surface area contributed by atoms with Crippen LogP contribution in [0.15, 0.2) is 0 Å². The molecule has 8 nitrogen and oxygen atoms in total. The van der Waals surface area contributed by atoms with Crippen LogP contribution >= 0.6 is 0 Å². The number of carbonyl (C=O) groups excluding carboxylic acids is 1. The molecule has 0 radical (unpaired) electrons. The molecule has 19 heavy (non-hydrogen) atoms. The van der Waals surface area contributed by atoms with Crippen molar-refractivity contribution in [1.29, 1.82) is 0 Å². The maximum atomic E-state index is 11.5. The van der Waals surface area contributed by atoms with Gasteiger partial charge in [-0.25, -0.2) is 0 Å². The zero-order valence-electron chi connectivity index (χ0n) is 11.7. The molecule has 1 rings (SSSR count). The van der Waals surface area contributed by atoms with Crippen molar-refractivity contribution < 1.29 is 9.53 Å². The minimum Gasteiger partial charge on any atom is -0.467 e. The Balaban J connectivity index is 3.02. The molecule has 8 heteroatoms. The van der Waals surface area contributed by atoms with Gasteiger partial charge in [0.15, 0.2) is 0 Å². The van der Waals surface area contributed by atoms with Crippen LogP contribution in [0.2, 0.25) is 0 Å². The molecule has 1 amide bonds. The van der Waals surface area contributed by atoms with Crippen molar-refractivity contribution in [3.63, 3.8) is 0 Å². The van der Waals surface area contributed by atoms with Gasteiger partial charge in [0.25, 0.3) is 0 Å². The Hall–Kier alpha value is -2.12. The van der Waals surface area contributed by atoms with Crippen molar-refractivity contribution in [1.82, 2.24) is 20.3 Å². The van der Waals surface area contributed by atoms with Gasteiger partial charge in [-0.1, -0.05) is 6.92 Å². The van der Waals surface area contributed by atoms with Crippen LogP contribution in [-0.4, -0.2) is 55.2 Å². The Morgan fingerprint density at radius 1 is 1.32 bits per heavy atom. The van der Waals surface area contributed by atoms with E-state index >= 15 is 0 Å². The van der Waals surface area contributed by atoms with Crippen molar-refractivity contribution >= 4 is 17.8 Å². The molecule has 106 valence electrons. The summed E-state index contributed by atoms with van der Waals surface area (Å²) in [5, 5.41) is 5.42. The molecule has 0 atom stereocenters. The molecule has 0 bridgehead atoms. The molecular weight excluding hydrogens is 248 g/mol. The summed E-state index contributed by atoms with van der Waals surface area (Å²) in [5.74, 6) is 0.723. The fourth-order valence-corrected chi connectivity index (χ4v) is 1.46. The molecule has 0 spiro atoms. The Morgan fingerprint density at radius 2 is 2.05 bits per heavy atom. The molecule has 0 aliphatic heterocycles. The quantitative estimate of drug-likeness (QED) is 0.712. The van der Waals surface area contributed by atoms with Gasteiger partial charge in [-0.15, -0.1) is 0 Å². The van der Waals surface area contributed by atoms with Crippen molar-refractivity contribution in [3.8, 4) is 6.01 Å². The molecule has 0 saturated heterocycles. The number of anilines is 2. The number of carbonyl (C=O) groups is 1. The number of nitrogens with zero attached hydrogens (tertiary/aromatic N) is 4. The van der Waals surface area contributed by atoms with E-state index in [2.05, 4.69) is 25.6 Å². The third-order valence-corrected chi connectivity index (χ3v) is 2.40. The van der Waals surface area contributed by atoms with E-state index in [-0.39, 0.29) is 18.5 Å². The van der Waals surface area contributed by atoms with E-state index < -0.39 is 0 Å². The standard InChI is InChI=1S/C11H20N6O2/c1-5-6-17(7-8(18)12-2)10-14-9(13-3)15-11(16-10)19-4/h5-7H2,1-4H3,(H,12,18)(H,13,14,15,16). The molecule has 0 aromatic carbocycles. The summed E-state index contributed by atoms with van der Waals surface area (Å²) < 4.78 is 5.03. The summed E-state index contributed by atoms with van der Waals surface area (Å²) >= 11 is 0. The first-order valence-electron chi connectivity index (χ1n) is 6.07. The highest BCUT2D eigenvalue weighted by Crippen LogP contribution is 2.14. The normalized spacial score (nSPS) is 9.89. The second kappa shape index (κ2) is 7.34. The zero-order chi connectivity index (χ0) is 14.3. The summed E-state index contributed by atoms with van der Waals surface area (Å²) in [6.45, 7) is 2.89. The Bertz CT molecular complexity index is 403. The van der Waals surface area contributed by atoms with Crippen LogP contribution in [0.3, 0.4) is 0 Å². The number of hydrogen-bond donors (Lipinski definition) is 2. The lowest BCUT2D eigenvalue weighted by Crippen LogP contribution is -2.37. The number of hydrogen-bond acceptors (Lipinski definition) is 7. The monoisotopic (exact) mass is 268 g/mol. The average molecular weight is 268 g/mol. The first-order valence-corrected chi connectivity index (χ1v) is 6.07. The highest BCUT2D eigenvalue weighted by Gasteiger charge is 2.15. The number of rotatable bonds is 7. The second-order valence-corrected chi connectivity index (χ2v) is 3.79. The first kappa shape index (κ1) is 14.9. The molecule has 1 aromatic heterocycles. The Morgan fingerprint density at radius 3 is 2.58 bits per heavy atom. The summed E-state index contributed by atoms with van der Waals surface area (Å²) in [5.41, 5.74) is 0. The van der Waals surface area contributed by atoms with Crippen LogP contribution in [-0.2, 0) is 4.79 Å². The molecule has 1 aromatic rings. The van der Waals surface area contributed by atoms with Crippen molar-refractivity contribution in [2.75, 3.05) is 44.5 Å². The maximum Gasteiger partial charge on any atom is 0.322 e. The summed E-state index contributed by atoms with van der Waals surface area (Å²) in [4.78, 5) is 25.7. The number of ether oxygens (including phenoxy) is 1. The number of aromatic nitrogens is 3. The van der Waals surface area contributed by atoms with Gasteiger partial charge in [-0.2, -0.15) is 15.0 Å². The maximum absolute atomic E-state index is 11.5. The lowest BCUT2D eigenvalue weighted by Gasteiger charge is -2.21. The third kappa shape index (κ3) is 4.23. The summed E-state index contributed by atoms with van der Waals surface area (Å²) in [6, 6.07) is 0.215. The molecule has 2 N–H and O–H groups in total. The number of amides is 1. The van der Waals surface area contributed by atoms with E-state index in [1.807, 2.05) is 6.92 Å². The zero-order valence-corrected chi connectivity index (χ0v) is 11.7. The van der Waals surface area contributed by atoms with Crippen molar-refractivity contribution in [2.45, 2.75) is 13.3 Å². The van der Waals surface area contributed by atoms with Gasteiger partial charge in [0.05, 0.1) is 13.7 Å². The number of likely N-dealkylation sites (N-methyl/N-ethyl adjacent to an activating group) is 1. The van der Waals surface area contributed by atoms with Gasteiger partial charge in [-0.3, -0.25) is 4.79 Å². The van der Waals surface area contributed by atoms with E-state index in [9.17, 15) is 4.79 Å². The SMILES string of the molecule is CCCN(CC(=O)NC)c1nc(NC)nc(OC)n1. The van der Waals surface area contributed by atoms with E-state index in [0.717, 1.165) is 6.42 Å². The van der Waals surface area contributed by atoms with Gasteiger partial charge < -0.3 is 20.3 Å². The van der Waals surface area contributed by atoms with Crippen molar-refractivity contribution in [2.24, 2.45) is 0 Å².